The fourth-order valence-electron chi connectivity index (χ4n) is 3.81. The number of hydrogen-bond acceptors (Lipinski definition) is 7. The average Bonchev–Trinajstić information content (AvgIpc) is 3.32. The molecule has 0 fully saturated rings. The number of hydrogen-bond donors (Lipinski definition) is 1. The molecule has 4 aromatic heterocycles. The van der Waals surface area contributed by atoms with Crippen molar-refractivity contribution >= 4 is 38.7 Å². The van der Waals surface area contributed by atoms with Crippen molar-refractivity contribution in [1.82, 2.24) is 24.2 Å². The van der Waals surface area contributed by atoms with Crippen LogP contribution in [0.3, 0.4) is 0 Å². The lowest BCUT2D eigenvalue weighted by Crippen LogP contribution is -2.38. The number of H-pyrrole nitrogens is 1. The van der Waals surface area contributed by atoms with Gasteiger partial charge < -0.3 is 9.72 Å². The minimum absolute atomic E-state index is 0.145. The summed E-state index contributed by atoms with van der Waals surface area (Å²) in [5.41, 5.74) is 1.74. The summed E-state index contributed by atoms with van der Waals surface area (Å²) in [5, 5.41) is 2.08. The number of thiophene rings is 1. The van der Waals surface area contributed by atoms with Gasteiger partial charge in [-0.3, -0.25) is 18.8 Å². The molecule has 0 aliphatic heterocycles. The predicted octanol–water partition coefficient (Wildman–Crippen LogP) is 2.94. The van der Waals surface area contributed by atoms with Crippen molar-refractivity contribution in [2.45, 2.75) is 33.2 Å². The highest BCUT2D eigenvalue weighted by Gasteiger charge is 2.26. The van der Waals surface area contributed by atoms with Gasteiger partial charge in [0.25, 0.3) is 5.56 Å². The lowest BCUT2D eigenvalue weighted by atomic mass is 10.1. The molecule has 11 heteroatoms. The number of hydroxylamine groups is 2. The molecular formula is C22H25N5O5S. The molecule has 0 aliphatic rings. The van der Waals surface area contributed by atoms with Crippen LogP contribution < -0.4 is 16.0 Å². The van der Waals surface area contributed by atoms with Crippen molar-refractivity contribution in [2.75, 3.05) is 14.2 Å². The van der Waals surface area contributed by atoms with E-state index >= 15 is 0 Å². The lowest BCUT2D eigenvalue weighted by molar-refractivity contribution is -0.0789. The number of aromatic amines is 1. The van der Waals surface area contributed by atoms with Gasteiger partial charge >= 0.3 is 11.8 Å². The van der Waals surface area contributed by atoms with Gasteiger partial charge in [-0.15, -0.1) is 11.3 Å². The molecule has 4 heterocycles. The Morgan fingerprint density at radius 3 is 2.79 bits per heavy atom. The molecule has 33 heavy (non-hydrogen) atoms. The number of rotatable bonds is 6. The van der Waals surface area contributed by atoms with Crippen molar-refractivity contribution in [3.05, 3.63) is 55.3 Å². The summed E-state index contributed by atoms with van der Waals surface area (Å²) in [6, 6.07) is 3.82. The summed E-state index contributed by atoms with van der Waals surface area (Å²) in [6.45, 7) is 4.33. The van der Waals surface area contributed by atoms with Crippen LogP contribution >= 0.6 is 11.3 Å². The number of amides is 1. The molecule has 0 aliphatic carbocycles. The summed E-state index contributed by atoms with van der Waals surface area (Å²) < 4.78 is 8.29. The Hall–Kier alpha value is -3.44. The van der Waals surface area contributed by atoms with E-state index in [1.54, 1.807) is 10.8 Å². The molecule has 1 amide bonds. The number of aromatic nitrogens is 4. The second kappa shape index (κ2) is 8.83. The van der Waals surface area contributed by atoms with E-state index in [9.17, 15) is 14.4 Å². The molecule has 0 radical (unpaired) electrons. The Balaban J connectivity index is 1.99. The molecule has 0 spiro atoms. The normalized spacial score (nSPS) is 11.4. The Morgan fingerprint density at radius 1 is 1.33 bits per heavy atom. The van der Waals surface area contributed by atoms with Gasteiger partial charge in [0.05, 0.1) is 12.0 Å². The summed E-state index contributed by atoms with van der Waals surface area (Å²) in [4.78, 5) is 52.3. The zero-order valence-electron chi connectivity index (χ0n) is 19.1. The minimum atomic E-state index is -0.772. The maximum Gasteiger partial charge on any atom is 0.439 e. The number of nitrogens with one attached hydrogen (secondary N) is 1. The first-order valence-corrected chi connectivity index (χ1v) is 11.3. The summed E-state index contributed by atoms with van der Waals surface area (Å²) in [5.74, 6) is 0.145. The van der Waals surface area contributed by atoms with Crippen LogP contribution in [0.1, 0.15) is 29.5 Å². The largest absolute Gasteiger partial charge is 0.439 e. The second-order valence-corrected chi connectivity index (χ2v) is 8.77. The average molecular weight is 472 g/mol. The molecule has 0 atom stereocenters. The van der Waals surface area contributed by atoms with Crippen LogP contribution in [-0.4, -0.2) is 44.4 Å². The van der Waals surface area contributed by atoms with Crippen molar-refractivity contribution in [1.29, 1.82) is 0 Å². The highest BCUT2D eigenvalue weighted by molar-refractivity contribution is 7.19. The number of ether oxygens (including phenoxy) is 1. The summed E-state index contributed by atoms with van der Waals surface area (Å²) in [6.07, 6.45) is 2.03. The van der Waals surface area contributed by atoms with E-state index in [0.717, 1.165) is 31.9 Å². The lowest BCUT2D eigenvalue weighted by Gasteiger charge is -2.14. The zero-order valence-corrected chi connectivity index (χ0v) is 19.9. The Morgan fingerprint density at radius 2 is 2.09 bits per heavy atom. The maximum absolute atomic E-state index is 13.1. The molecule has 0 bridgehead atoms. The Bertz CT molecular complexity index is 1480. The molecule has 4 rings (SSSR count). The predicted molar refractivity (Wildman–Crippen MR) is 126 cm³/mol. The van der Waals surface area contributed by atoms with Gasteiger partial charge in [-0.1, -0.05) is 6.92 Å². The van der Waals surface area contributed by atoms with Gasteiger partial charge in [0, 0.05) is 44.3 Å². The third-order valence-electron chi connectivity index (χ3n) is 5.59. The second-order valence-electron chi connectivity index (χ2n) is 7.69. The fourth-order valence-corrected chi connectivity index (χ4v) is 5.06. The smallest absolute Gasteiger partial charge is 0.407 e. The molecule has 10 nitrogen and oxygen atoms in total. The molecule has 174 valence electrons. The number of pyridine rings is 1. The molecular weight excluding hydrogens is 446 g/mol. The topological polar surface area (TPSA) is 111 Å². The van der Waals surface area contributed by atoms with Crippen molar-refractivity contribution in [2.24, 2.45) is 7.05 Å². The van der Waals surface area contributed by atoms with E-state index in [0.29, 0.717) is 29.1 Å². The van der Waals surface area contributed by atoms with E-state index in [4.69, 9.17) is 9.57 Å². The first-order chi connectivity index (χ1) is 15.8. The van der Waals surface area contributed by atoms with Crippen LogP contribution in [0.25, 0.3) is 21.3 Å². The van der Waals surface area contributed by atoms with Gasteiger partial charge in [-0.2, -0.15) is 5.06 Å². The zero-order chi connectivity index (χ0) is 23.9. The molecule has 0 unspecified atom stereocenters. The molecule has 0 aromatic carbocycles. The number of carbonyl (C=O) groups is 1. The first kappa shape index (κ1) is 22.7. The quantitative estimate of drug-likeness (QED) is 0.433. The highest BCUT2D eigenvalue weighted by atomic mass is 32.1. The third kappa shape index (κ3) is 3.83. The van der Waals surface area contributed by atoms with E-state index in [1.165, 1.54) is 32.5 Å². The number of aryl methyl sites for hydroxylation is 2. The van der Waals surface area contributed by atoms with Gasteiger partial charge in [0.1, 0.15) is 15.9 Å². The van der Waals surface area contributed by atoms with Crippen LogP contribution in [0.2, 0.25) is 0 Å². The number of fused-ring (bicyclic) bond motifs is 2. The van der Waals surface area contributed by atoms with E-state index in [1.807, 2.05) is 26.0 Å². The van der Waals surface area contributed by atoms with E-state index in [-0.39, 0.29) is 11.1 Å². The first-order valence-electron chi connectivity index (χ1n) is 10.4. The molecule has 0 saturated carbocycles. The van der Waals surface area contributed by atoms with Crippen LogP contribution in [-0.2, 0) is 24.9 Å². The molecule has 0 saturated heterocycles. The van der Waals surface area contributed by atoms with Crippen LogP contribution in [0.15, 0.2) is 27.9 Å². The molecule has 4 aromatic rings. The fraction of sp³-hybridized carbons (Fsp3) is 0.364. The maximum atomic E-state index is 13.1. The number of nitrogens with zero attached hydrogens (tertiary/aromatic N) is 4. The van der Waals surface area contributed by atoms with Crippen molar-refractivity contribution in [3.8, 4) is 5.75 Å². The van der Waals surface area contributed by atoms with Gasteiger partial charge in [-0.05, 0) is 31.0 Å². The SMILES string of the molecule is CCCn1c(=O)n(C)c(=O)c2c(OC(=O)N(C)OC)c(Cc3c(C)[nH]c4ncccc34)sc21. The van der Waals surface area contributed by atoms with E-state index in [2.05, 4.69) is 9.97 Å². The Kier molecular flexibility index (Phi) is 6.09. The summed E-state index contributed by atoms with van der Waals surface area (Å²) >= 11 is 1.28. The standard InChI is InChI=1S/C22H25N5O5S/c1-6-10-27-20-16(19(28)25(3)21(27)29)17(32-22(30)26(4)31-5)15(33-20)11-14-12(2)24-18-13(14)8-7-9-23-18/h7-9H,6,10-11H2,1-5H3,(H,23,24). The van der Waals surface area contributed by atoms with Crippen molar-refractivity contribution < 1.29 is 14.4 Å². The van der Waals surface area contributed by atoms with Crippen LogP contribution in [0, 0.1) is 6.92 Å². The van der Waals surface area contributed by atoms with Gasteiger partial charge in [-0.25, -0.2) is 14.6 Å². The minimum Gasteiger partial charge on any atom is -0.407 e. The van der Waals surface area contributed by atoms with Gasteiger partial charge in [0.2, 0.25) is 0 Å². The molecule has 1 N–H and O–H groups in total. The van der Waals surface area contributed by atoms with E-state index < -0.39 is 17.3 Å². The van der Waals surface area contributed by atoms with Crippen LogP contribution in [0.5, 0.6) is 5.75 Å². The monoisotopic (exact) mass is 471 g/mol. The van der Waals surface area contributed by atoms with Gasteiger partial charge in [0.15, 0.2) is 5.75 Å². The van der Waals surface area contributed by atoms with Crippen LogP contribution in [0.4, 0.5) is 4.79 Å². The highest BCUT2D eigenvalue weighted by Crippen LogP contribution is 2.38. The summed E-state index contributed by atoms with van der Waals surface area (Å²) in [7, 11) is 4.18. The Labute approximate surface area is 192 Å². The van der Waals surface area contributed by atoms with Crippen molar-refractivity contribution in [3.63, 3.8) is 0 Å². The number of carbonyl (C=O) groups excluding carboxylic acids is 1. The third-order valence-corrected chi connectivity index (χ3v) is 6.79.